The smallest absolute Gasteiger partial charge is 0.275 e. The zero-order chi connectivity index (χ0) is 18.9. The van der Waals surface area contributed by atoms with Crippen LogP contribution in [0, 0.1) is 0 Å². The summed E-state index contributed by atoms with van der Waals surface area (Å²) >= 11 is 3.52. The van der Waals surface area contributed by atoms with Crippen LogP contribution in [0.5, 0.6) is 5.75 Å². The SMILES string of the molecule is CCOc1ccc([C@]2(O)C[N+]3=C(CCCCC3)N2c2ccc(Br)cc2)cc1. The van der Waals surface area contributed by atoms with Crippen molar-refractivity contribution in [1.29, 1.82) is 0 Å². The number of benzene rings is 2. The fraction of sp³-hybridized carbons (Fsp3) is 0.409. The third-order valence-electron chi connectivity index (χ3n) is 5.45. The van der Waals surface area contributed by atoms with Crippen LogP contribution in [0.2, 0.25) is 0 Å². The van der Waals surface area contributed by atoms with Crippen LogP contribution in [0.1, 0.15) is 38.2 Å². The molecule has 2 heterocycles. The first-order chi connectivity index (χ1) is 13.1. The fourth-order valence-electron chi connectivity index (χ4n) is 4.18. The van der Waals surface area contributed by atoms with Gasteiger partial charge in [0.25, 0.3) is 11.6 Å². The second-order valence-electron chi connectivity index (χ2n) is 7.23. The standard InChI is InChI=1S/C22H26BrN2O2/c1-2-27-20-13-7-17(8-14-20)22(26)16-24-15-5-3-4-6-21(24)25(22)19-11-9-18(23)10-12-19/h7-14,26H,2-6,15-16H2,1H3/q+1/t22-/m1/s1. The van der Waals surface area contributed by atoms with Crippen LogP contribution >= 0.6 is 15.9 Å². The lowest BCUT2D eigenvalue weighted by Gasteiger charge is -2.29. The third-order valence-corrected chi connectivity index (χ3v) is 5.97. The summed E-state index contributed by atoms with van der Waals surface area (Å²) in [7, 11) is 0. The average molecular weight is 430 g/mol. The summed E-state index contributed by atoms with van der Waals surface area (Å²) in [5.74, 6) is 2.06. The molecule has 142 valence electrons. The minimum absolute atomic E-state index is 0.590. The van der Waals surface area contributed by atoms with Crippen LogP contribution in [0.15, 0.2) is 53.0 Å². The summed E-state index contributed by atoms with van der Waals surface area (Å²) in [4.78, 5) is 2.14. The highest BCUT2D eigenvalue weighted by Crippen LogP contribution is 2.38. The monoisotopic (exact) mass is 429 g/mol. The Kier molecular flexibility index (Phi) is 5.24. The molecule has 2 aromatic carbocycles. The molecule has 27 heavy (non-hydrogen) atoms. The van der Waals surface area contributed by atoms with Crippen molar-refractivity contribution in [2.75, 3.05) is 24.6 Å². The zero-order valence-electron chi connectivity index (χ0n) is 15.7. The van der Waals surface area contributed by atoms with E-state index < -0.39 is 5.72 Å². The molecular formula is C22H26BrN2O2+. The van der Waals surface area contributed by atoms with E-state index >= 15 is 0 Å². The van der Waals surface area contributed by atoms with Crippen LogP contribution in [0.25, 0.3) is 0 Å². The van der Waals surface area contributed by atoms with Crippen molar-refractivity contribution in [3.8, 4) is 5.75 Å². The summed E-state index contributed by atoms with van der Waals surface area (Å²) in [6, 6.07) is 16.1. The van der Waals surface area contributed by atoms with Crippen molar-refractivity contribution in [3.63, 3.8) is 0 Å². The average Bonchev–Trinajstić information content (AvgIpc) is 2.80. The highest BCUT2D eigenvalue weighted by molar-refractivity contribution is 9.10. The molecule has 0 radical (unpaired) electrons. The van der Waals surface area contributed by atoms with Gasteiger partial charge in [0.2, 0.25) is 0 Å². The predicted molar refractivity (Wildman–Crippen MR) is 112 cm³/mol. The molecule has 0 spiro atoms. The lowest BCUT2D eigenvalue weighted by atomic mass is 9.99. The Balaban J connectivity index is 1.77. The highest BCUT2D eigenvalue weighted by Gasteiger charge is 2.53. The molecule has 0 saturated heterocycles. The maximum Gasteiger partial charge on any atom is 0.275 e. The normalized spacial score (nSPS) is 22.6. The molecule has 0 bridgehead atoms. The van der Waals surface area contributed by atoms with Gasteiger partial charge in [-0.1, -0.05) is 15.9 Å². The molecule has 4 rings (SSSR count). The van der Waals surface area contributed by atoms with Gasteiger partial charge in [-0.2, -0.15) is 4.90 Å². The van der Waals surface area contributed by atoms with Gasteiger partial charge < -0.3 is 9.84 Å². The highest BCUT2D eigenvalue weighted by atomic mass is 79.9. The van der Waals surface area contributed by atoms with E-state index in [1.807, 2.05) is 43.3 Å². The maximum absolute atomic E-state index is 11.9. The van der Waals surface area contributed by atoms with Crippen LogP contribution in [-0.2, 0) is 5.72 Å². The number of aliphatic hydroxyl groups is 1. The fourth-order valence-corrected chi connectivity index (χ4v) is 4.45. The summed E-state index contributed by atoms with van der Waals surface area (Å²) < 4.78 is 8.98. The Bertz CT molecular complexity index is 832. The second-order valence-corrected chi connectivity index (χ2v) is 8.15. The van der Waals surface area contributed by atoms with E-state index in [2.05, 4.69) is 37.5 Å². The molecule has 2 aromatic rings. The van der Waals surface area contributed by atoms with Crippen molar-refractivity contribution in [3.05, 3.63) is 58.6 Å². The summed E-state index contributed by atoms with van der Waals surface area (Å²) in [5, 5.41) is 11.9. The van der Waals surface area contributed by atoms with Crippen LogP contribution < -0.4 is 9.64 Å². The molecule has 0 amide bonds. The van der Waals surface area contributed by atoms with Gasteiger partial charge in [0, 0.05) is 16.5 Å². The van der Waals surface area contributed by atoms with E-state index in [1.54, 1.807) is 0 Å². The maximum atomic E-state index is 11.9. The van der Waals surface area contributed by atoms with Crippen molar-refractivity contribution in [1.82, 2.24) is 0 Å². The molecule has 0 aliphatic carbocycles. The molecule has 0 saturated carbocycles. The van der Waals surface area contributed by atoms with Crippen LogP contribution in [0.4, 0.5) is 5.69 Å². The van der Waals surface area contributed by atoms with Crippen LogP contribution in [-0.4, -0.2) is 35.2 Å². The predicted octanol–water partition coefficient (Wildman–Crippen LogP) is 4.50. The van der Waals surface area contributed by atoms with Gasteiger partial charge in [-0.3, -0.25) is 4.58 Å². The third kappa shape index (κ3) is 3.50. The largest absolute Gasteiger partial charge is 0.494 e. The number of amidine groups is 1. The van der Waals surface area contributed by atoms with Crippen molar-refractivity contribution in [2.45, 2.75) is 38.3 Å². The number of hydrogen-bond acceptors (Lipinski definition) is 3. The Morgan fingerprint density at radius 1 is 1.07 bits per heavy atom. The molecule has 1 atom stereocenters. The molecule has 0 fully saturated rings. The molecule has 0 unspecified atom stereocenters. The van der Waals surface area contributed by atoms with Crippen LogP contribution in [0.3, 0.4) is 0 Å². The Labute approximate surface area is 169 Å². The number of nitrogens with zero attached hydrogens (tertiary/aromatic N) is 2. The lowest BCUT2D eigenvalue weighted by molar-refractivity contribution is -0.534. The minimum Gasteiger partial charge on any atom is -0.494 e. The first-order valence-electron chi connectivity index (χ1n) is 9.74. The molecule has 2 aliphatic rings. The van der Waals surface area contributed by atoms with Gasteiger partial charge >= 0.3 is 0 Å². The first kappa shape index (κ1) is 18.5. The van der Waals surface area contributed by atoms with Gasteiger partial charge in [-0.05, 0) is 74.7 Å². The van der Waals surface area contributed by atoms with Gasteiger partial charge in [0.15, 0.2) is 6.54 Å². The summed E-state index contributed by atoms with van der Waals surface area (Å²) in [6.07, 6.45) is 4.58. The Morgan fingerprint density at radius 3 is 2.52 bits per heavy atom. The number of anilines is 1. The van der Waals surface area contributed by atoms with Gasteiger partial charge in [-0.25, -0.2) is 0 Å². The Hall–Kier alpha value is -1.85. The molecule has 2 aliphatic heterocycles. The molecular weight excluding hydrogens is 404 g/mol. The summed E-state index contributed by atoms with van der Waals surface area (Å²) in [5.41, 5.74) is 0.842. The van der Waals surface area contributed by atoms with E-state index in [9.17, 15) is 5.11 Å². The van der Waals surface area contributed by atoms with E-state index in [0.29, 0.717) is 13.2 Å². The van der Waals surface area contributed by atoms with E-state index in [0.717, 1.165) is 40.9 Å². The Morgan fingerprint density at radius 2 is 1.81 bits per heavy atom. The van der Waals surface area contributed by atoms with Gasteiger partial charge in [0.05, 0.1) is 13.2 Å². The quantitative estimate of drug-likeness (QED) is 0.726. The molecule has 0 aromatic heterocycles. The topological polar surface area (TPSA) is 35.7 Å². The molecule has 1 N–H and O–H groups in total. The summed E-state index contributed by atoms with van der Waals surface area (Å²) in [6.45, 7) is 4.21. The van der Waals surface area contributed by atoms with Crippen molar-refractivity contribution >= 4 is 27.5 Å². The zero-order valence-corrected chi connectivity index (χ0v) is 17.3. The van der Waals surface area contributed by atoms with Gasteiger partial charge in [0.1, 0.15) is 11.4 Å². The number of ether oxygens (including phenoxy) is 1. The lowest BCUT2D eigenvalue weighted by Crippen LogP contribution is -2.47. The minimum atomic E-state index is -1.08. The van der Waals surface area contributed by atoms with Gasteiger partial charge in [-0.15, -0.1) is 0 Å². The van der Waals surface area contributed by atoms with E-state index in [1.165, 1.54) is 18.7 Å². The van der Waals surface area contributed by atoms with Crippen molar-refractivity contribution in [2.24, 2.45) is 0 Å². The van der Waals surface area contributed by atoms with E-state index in [-0.39, 0.29) is 0 Å². The number of rotatable bonds is 4. The van der Waals surface area contributed by atoms with Crippen molar-refractivity contribution < 1.29 is 14.4 Å². The van der Waals surface area contributed by atoms with E-state index in [4.69, 9.17) is 4.74 Å². The molecule has 5 heteroatoms. The molecule has 4 nitrogen and oxygen atoms in total. The second kappa shape index (κ2) is 7.64. The first-order valence-corrected chi connectivity index (χ1v) is 10.5. The number of halogens is 1. The number of hydrogen-bond donors (Lipinski definition) is 1.